The van der Waals surface area contributed by atoms with Gasteiger partial charge in [0.2, 0.25) is 11.8 Å². The molecule has 0 spiro atoms. The van der Waals surface area contributed by atoms with Gasteiger partial charge in [-0.2, -0.15) is 0 Å². The van der Waals surface area contributed by atoms with Crippen LogP contribution in [-0.2, 0) is 30.3 Å². The smallest absolute Gasteiger partial charge is 0.311 e. The molecule has 0 radical (unpaired) electrons. The first-order chi connectivity index (χ1) is 24.4. The Morgan fingerprint density at radius 1 is 1.15 bits per heavy atom. The van der Waals surface area contributed by atoms with Crippen molar-refractivity contribution in [3.63, 3.8) is 0 Å². The lowest BCUT2D eigenvalue weighted by molar-refractivity contribution is -0.149. The van der Waals surface area contributed by atoms with Crippen molar-refractivity contribution in [1.29, 1.82) is 0 Å². The number of hydrogen-bond donors (Lipinski definition) is 3. The van der Waals surface area contributed by atoms with Gasteiger partial charge in [0, 0.05) is 37.9 Å². The summed E-state index contributed by atoms with van der Waals surface area (Å²) in [7, 11) is 3.68. The lowest BCUT2D eigenvalue weighted by Gasteiger charge is -2.41. The molecular weight excluding hydrogens is 683 g/mol. The molecule has 13 heteroatoms. The molecule has 286 valence electrons. The summed E-state index contributed by atoms with van der Waals surface area (Å²) in [5.41, 5.74) is 1.25. The number of aromatic nitrogens is 1. The largest absolute Gasteiger partial charge is 0.481 e. The van der Waals surface area contributed by atoms with Gasteiger partial charge in [0.15, 0.2) is 6.10 Å². The van der Waals surface area contributed by atoms with Crippen LogP contribution < -0.4 is 10.6 Å². The van der Waals surface area contributed by atoms with E-state index < -0.39 is 53.4 Å². The van der Waals surface area contributed by atoms with Crippen molar-refractivity contribution in [2.45, 2.75) is 123 Å². The van der Waals surface area contributed by atoms with Gasteiger partial charge in [-0.1, -0.05) is 65.8 Å². The highest BCUT2D eigenvalue weighted by Gasteiger charge is 2.42. The minimum Gasteiger partial charge on any atom is -0.481 e. The summed E-state index contributed by atoms with van der Waals surface area (Å²) in [4.78, 5) is 74.2. The molecule has 1 fully saturated rings. The van der Waals surface area contributed by atoms with Crippen molar-refractivity contribution in [3.8, 4) is 0 Å². The van der Waals surface area contributed by atoms with Crippen molar-refractivity contribution in [2.24, 2.45) is 17.3 Å². The summed E-state index contributed by atoms with van der Waals surface area (Å²) in [6, 6.07) is 5.49. The third kappa shape index (κ3) is 9.77. The van der Waals surface area contributed by atoms with Crippen LogP contribution in [0.25, 0.3) is 0 Å². The van der Waals surface area contributed by atoms with Gasteiger partial charge in [0.1, 0.15) is 16.7 Å². The van der Waals surface area contributed by atoms with E-state index in [4.69, 9.17) is 4.74 Å². The number of carboxylic acids is 1. The second-order valence-electron chi connectivity index (χ2n) is 15.8. The zero-order valence-corrected chi connectivity index (χ0v) is 32.9. The molecule has 2 heterocycles. The minimum absolute atomic E-state index is 0.0579. The van der Waals surface area contributed by atoms with E-state index in [9.17, 15) is 29.1 Å². The van der Waals surface area contributed by atoms with Crippen LogP contribution in [0.4, 0.5) is 0 Å². The normalized spacial score (nSPS) is 22.4. The molecule has 0 bridgehead atoms. The summed E-state index contributed by atoms with van der Waals surface area (Å²) in [6.45, 7) is 14.2. The molecule has 2 aromatic rings. The van der Waals surface area contributed by atoms with Crippen molar-refractivity contribution < 1.29 is 33.8 Å². The summed E-state index contributed by atoms with van der Waals surface area (Å²) in [6.07, 6.45) is 2.56. The Morgan fingerprint density at radius 3 is 2.48 bits per heavy atom. The minimum atomic E-state index is -0.937. The Hall–Kier alpha value is -3.84. The number of aliphatic carboxylic acids is 1. The molecule has 12 nitrogen and oxygen atoms in total. The van der Waals surface area contributed by atoms with Gasteiger partial charge >= 0.3 is 11.9 Å². The van der Waals surface area contributed by atoms with Crippen LogP contribution in [0.5, 0.6) is 0 Å². The van der Waals surface area contributed by atoms with E-state index in [-0.39, 0.29) is 42.3 Å². The molecular formula is C39H57N5O7S. The number of esters is 1. The van der Waals surface area contributed by atoms with Crippen molar-refractivity contribution in [2.75, 3.05) is 20.6 Å². The third-order valence-electron chi connectivity index (χ3n) is 11.1. The predicted molar refractivity (Wildman–Crippen MR) is 200 cm³/mol. The number of likely N-dealkylation sites (tertiary alicyclic amines) is 1. The Morgan fingerprint density at radius 2 is 1.85 bits per heavy atom. The van der Waals surface area contributed by atoms with Crippen LogP contribution in [-0.4, -0.2) is 94.4 Å². The van der Waals surface area contributed by atoms with E-state index in [2.05, 4.69) is 27.4 Å². The molecule has 2 aliphatic rings. The molecule has 52 heavy (non-hydrogen) atoms. The molecule has 4 rings (SSSR count). The number of carbonyl (C=O) groups excluding carboxylic acids is 4. The fraction of sp³-hybridized carbons (Fsp3) is 0.641. The number of nitrogens with one attached hydrogen (secondary N) is 2. The zero-order chi connectivity index (χ0) is 38.5. The van der Waals surface area contributed by atoms with Crippen LogP contribution in [0.2, 0.25) is 0 Å². The summed E-state index contributed by atoms with van der Waals surface area (Å²) in [5.74, 6) is -2.64. The van der Waals surface area contributed by atoms with Gasteiger partial charge in [-0.3, -0.25) is 28.9 Å². The first-order valence-corrected chi connectivity index (χ1v) is 19.3. The van der Waals surface area contributed by atoms with E-state index in [1.165, 1.54) is 18.3 Å². The number of amides is 3. The number of ether oxygens (including phenoxy) is 1. The molecule has 1 aromatic heterocycles. The van der Waals surface area contributed by atoms with E-state index >= 15 is 0 Å². The lowest BCUT2D eigenvalue weighted by Crippen LogP contribution is -2.60. The second kappa shape index (κ2) is 17.3. The number of likely N-dealkylation sites (N-methyl/N-ethyl adjacent to an activating group) is 2. The number of rotatable bonds is 14. The molecule has 1 aromatic carbocycles. The molecule has 3 amide bonds. The topological polar surface area (TPSA) is 158 Å². The van der Waals surface area contributed by atoms with Gasteiger partial charge in [0.25, 0.3) is 5.91 Å². The van der Waals surface area contributed by atoms with Crippen LogP contribution in [0.3, 0.4) is 0 Å². The number of thiazole rings is 1. The SMILES string of the molecule is CCC(C)(C)[C@H](NC(=O)[C@H]1C[C@H](C)CCN1C)C(=O)N(C)[C@H](C[C@@H](OC(C)=O)c1nc(C(=O)NC2Cc3ccccc3[C@H](C(=O)O)C2)cs1)C(C)C. The highest BCUT2D eigenvalue weighted by atomic mass is 32.1. The van der Waals surface area contributed by atoms with Gasteiger partial charge in [-0.05, 0) is 74.1 Å². The van der Waals surface area contributed by atoms with Crippen LogP contribution in [0.1, 0.15) is 119 Å². The fourth-order valence-corrected chi connectivity index (χ4v) is 8.27. The van der Waals surface area contributed by atoms with Gasteiger partial charge in [0.05, 0.1) is 12.0 Å². The van der Waals surface area contributed by atoms with Crippen LogP contribution in [0, 0.1) is 17.3 Å². The molecule has 1 aliphatic carbocycles. The van der Waals surface area contributed by atoms with E-state index in [0.717, 1.165) is 30.5 Å². The Balaban J connectivity index is 1.52. The third-order valence-corrected chi connectivity index (χ3v) is 12.1. The maximum absolute atomic E-state index is 14.4. The van der Waals surface area contributed by atoms with E-state index in [1.54, 1.807) is 17.3 Å². The van der Waals surface area contributed by atoms with Gasteiger partial charge in [-0.25, -0.2) is 4.98 Å². The Kier molecular flexibility index (Phi) is 13.6. The monoisotopic (exact) mass is 739 g/mol. The first-order valence-electron chi connectivity index (χ1n) is 18.4. The average Bonchev–Trinajstić information content (AvgIpc) is 3.59. The van der Waals surface area contributed by atoms with Crippen molar-refractivity contribution in [3.05, 3.63) is 51.5 Å². The summed E-state index contributed by atoms with van der Waals surface area (Å²) >= 11 is 1.19. The summed E-state index contributed by atoms with van der Waals surface area (Å²) in [5, 5.41) is 18.0. The molecule has 0 saturated carbocycles. The number of hydrogen-bond acceptors (Lipinski definition) is 9. The second-order valence-corrected chi connectivity index (χ2v) is 16.7. The number of benzene rings is 1. The molecule has 1 unspecified atom stereocenters. The fourth-order valence-electron chi connectivity index (χ4n) is 7.43. The Bertz CT molecular complexity index is 1610. The lowest BCUT2D eigenvalue weighted by atomic mass is 9.80. The number of piperidine rings is 1. The maximum Gasteiger partial charge on any atom is 0.311 e. The number of carboxylic acid groups (broad SMARTS) is 1. The number of carbonyl (C=O) groups is 5. The number of fused-ring (bicyclic) bond motifs is 1. The van der Waals surface area contributed by atoms with Gasteiger partial charge < -0.3 is 25.4 Å². The van der Waals surface area contributed by atoms with Crippen molar-refractivity contribution >= 4 is 41.0 Å². The number of nitrogens with zero attached hydrogens (tertiary/aromatic N) is 3. The first kappa shape index (κ1) is 40.9. The standard InChI is InChI=1S/C39H57N5O7S/c1-10-39(6,7)33(42-35(47)31-17-23(4)15-16-43(31)8)37(48)44(9)30(22(2)3)20-32(51-24(5)45)36-41-29(21-52-36)34(46)40-26-18-25-13-11-12-14-27(25)28(19-26)38(49)50/h11-14,21-23,26,28,30-33H,10,15-20H2,1-9H3,(H,40,46)(H,42,47)(H,49,50)/t23-,26?,28-,30-,31-,32-,33-/m1/s1. The maximum atomic E-state index is 14.4. The molecule has 1 saturated heterocycles. The van der Waals surface area contributed by atoms with Crippen LogP contribution in [0.15, 0.2) is 29.6 Å². The average molecular weight is 740 g/mol. The molecule has 3 N–H and O–H groups in total. The summed E-state index contributed by atoms with van der Waals surface area (Å²) < 4.78 is 5.78. The molecule has 1 aliphatic heterocycles. The predicted octanol–water partition coefficient (Wildman–Crippen LogP) is 5.18. The highest BCUT2D eigenvalue weighted by Crippen LogP contribution is 2.34. The quantitative estimate of drug-likeness (QED) is 0.222. The highest BCUT2D eigenvalue weighted by molar-refractivity contribution is 7.09. The molecule has 7 atom stereocenters. The van der Waals surface area contributed by atoms with Crippen LogP contribution >= 0.6 is 11.3 Å². The van der Waals surface area contributed by atoms with E-state index in [1.807, 2.05) is 65.9 Å². The van der Waals surface area contributed by atoms with Gasteiger partial charge in [-0.15, -0.1) is 11.3 Å². The van der Waals surface area contributed by atoms with Crippen molar-refractivity contribution in [1.82, 2.24) is 25.4 Å². The Labute approximate surface area is 312 Å². The van der Waals surface area contributed by atoms with E-state index in [0.29, 0.717) is 23.8 Å². The zero-order valence-electron chi connectivity index (χ0n) is 32.1.